The van der Waals surface area contributed by atoms with Gasteiger partial charge in [-0.15, -0.1) is 0 Å². The number of carboxylic acid groups (broad SMARTS) is 1. The summed E-state index contributed by atoms with van der Waals surface area (Å²) in [5, 5.41) is 9.26. The molecule has 0 saturated carbocycles. The molecule has 1 aliphatic rings. The molecule has 0 atom stereocenters. The predicted octanol–water partition coefficient (Wildman–Crippen LogP) is 2.32. The highest BCUT2D eigenvalue weighted by atomic mass is 16.6. The molecule has 2 rings (SSSR count). The van der Waals surface area contributed by atoms with Crippen LogP contribution in [0.15, 0.2) is 18.2 Å². The zero-order valence-electron chi connectivity index (χ0n) is 16.4. The van der Waals surface area contributed by atoms with E-state index in [1.165, 1.54) is 13.2 Å². The van der Waals surface area contributed by atoms with Gasteiger partial charge in [0.1, 0.15) is 29.3 Å². The average molecular weight is 380 g/mol. The molecule has 27 heavy (non-hydrogen) atoms. The van der Waals surface area contributed by atoms with Gasteiger partial charge < -0.3 is 24.2 Å². The molecule has 1 heterocycles. The summed E-state index contributed by atoms with van der Waals surface area (Å²) < 4.78 is 16.2. The van der Waals surface area contributed by atoms with Crippen molar-refractivity contribution in [1.29, 1.82) is 0 Å². The average Bonchev–Trinajstić information content (AvgIpc) is 2.60. The summed E-state index contributed by atoms with van der Waals surface area (Å²) >= 11 is 0. The third-order valence-electron chi connectivity index (χ3n) is 4.11. The Bertz CT molecular complexity index is 663. The van der Waals surface area contributed by atoms with Gasteiger partial charge in [-0.2, -0.15) is 0 Å². The molecular weight excluding hydrogens is 352 g/mol. The van der Waals surface area contributed by atoms with Crippen LogP contribution in [-0.2, 0) is 4.74 Å². The maximum Gasteiger partial charge on any atom is 0.410 e. The quantitative estimate of drug-likeness (QED) is 0.810. The van der Waals surface area contributed by atoms with Gasteiger partial charge in [0.15, 0.2) is 0 Å². The molecule has 1 aromatic rings. The Labute approximate surface area is 159 Å². The molecule has 8 heteroatoms. The lowest BCUT2D eigenvalue weighted by molar-refractivity contribution is 0.0137. The van der Waals surface area contributed by atoms with E-state index in [0.717, 1.165) is 0 Å². The number of rotatable bonds is 6. The van der Waals surface area contributed by atoms with Crippen molar-refractivity contribution in [2.45, 2.75) is 26.4 Å². The van der Waals surface area contributed by atoms with Crippen molar-refractivity contribution < 1.29 is 28.9 Å². The van der Waals surface area contributed by atoms with Crippen molar-refractivity contribution in [2.75, 3.05) is 46.4 Å². The van der Waals surface area contributed by atoms with Crippen LogP contribution in [0.3, 0.4) is 0 Å². The highest BCUT2D eigenvalue weighted by Crippen LogP contribution is 2.25. The van der Waals surface area contributed by atoms with Gasteiger partial charge in [0.05, 0.1) is 7.11 Å². The van der Waals surface area contributed by atoms with Gasteiger partial charge in [-0.05, 0) is 32.9 Å². The first-order valence-corrected chi connectivity index (χ1v) is 8.94. The normalized spacial score (nSPS) is 15.3. The number of aromatic carboxylic acids is 1. The Kier molecular flexibility index (Phi) is 6.90. The smallest absolute Gasteiger partial charge is 0.410 e. The molecule has 0 unspecified atom stereocenters. The van der Waals surface area contributed by atoms with E-state index in [1.54, 1.807) is 17.0 Å². The third kappa shape index (κ3) is 6.32. The number of carbonyl (C=O) groups is 2. The Morgan fingerprint density at radius 1 is 1.15 bits per heavy atom. The lowest BCUT2D eigenvalue weighted by Crippen LogP contribution is -2.50. The largest absolute Gasteiger partial charge is 0.497 e. The molecule has 8 nitrogen and oxygen atoms in total. The van der Waals surface area contributed by atoms with E-state index < -0.39 is 11.6 Å². The fourth-order valence-corrected chi connectivity index (χ4v) is 2.69. The SMILES string of the molecule is COc1ccc(C(=O)O)c(OCCN2CCN(C(=O)OC(C)(C)C)CC2)c1. The molecule has 1 aromatic carbocycles. The van der Waals surface area contributed by atoms with Gasteiger partial charge in [-0.25, -0.2) is 9.59 Å². The van der Waals surface area contributed by atoms with Crippen LogP contribution in [-0.4, -0.2) is 79.0 Å². The summed E-state index contributed by atoms with van der Waals surface area (Å²) in [4.78, 5) is 27.2. The van der Waals surface area contributed by atoms with Crippen molar-refractivity contribution in [3.63, 3.8) is 0 Å². The van der Waals surface area contributed by atoms with Gasteiger partial charge >= 0.3 is 12.1 Å². The van der Waals surface area contributed by atoms with E-state index in [0.29, 0.717) is 45.1 Å². The van der Waals surface area contributed by atoms with Crippen LogP contribution < -0.4 is 9.47 Å². The molecule has 0 radical (unpaired) electrons. The van der Waals surface area contributed by atoms with E-state index in [2.05, 4.69) is 4.90 Å². The lowest BCUT2D eigenvalue weighted by Gasteiger charge is -2.35. The van der Waals surface area contributed by atoms with Crippen LogP contribution in [0.5, 0.6) is 11.5 Å². The first-order chi connectivity index (χ1) is 12.7. The van der Waals surface area contributed by atoms with Gasteiger partial charge in [0.2, 0.25) is 0 Å². The number of benzene rings is 1. The second-order valence-electron chi connectivity index (χ2n) is 7.32. The van der Waals surface area contributed by atoms with Gasteiger partial charge in [0, 0.05) is 38.8 Å². The number of piperazine rings is 1. The van der Waals surface area contributed by atoms with Gasteiger partial charge in [0.25, 0.3) is 0 Å². The lowest BCUT2D eigenvalue weighted by atomic mass is 10.2. The van der Waals surface area contributed by atoms with Crippen LogP contribution in [0.4, 0.5) is 4.79 Å². The van der Waals surface area contributed by atoms with Crippen LogP contribution in [0.2, 0.25) is 0 Å². The molecule has 1 N–H and O–H groups in total. The number of carbonyl (C=O) groups excluding carboxylic acids is 1. The Morgan fingerprint density at radius 2 is 1.81 bits per heavy atom. The second-order valence-corrected chi connectivity index (χ2v) is 7.32. The van der Waals surface area contributed by atoms with Crippen LogP contribution in [0.1, 0.15) is 31.1 Å². The third-order valence-corrected chi connectivity index (χ3v) is 4.11. The van der Waals surface area contributed by atoms with E-state index >= 15 is 0 Å². The molecule has 150 valence electrons. The first kappa shape index (κ1) is 20.8. The van der Waals surface area contributed by atoms with Crippen molar-refractivity contribution in [3.8, 4) is 11.5 Å². The van der Waals surface area contributed by atoms with E-state index in [9.17, 15) is 14.7 Å². The minimum atomic E-state index is -1.04. The van der Waals surface area contributed by atoms with E-state index in [4.69, 9.17) is 14.2 Å². The Morgan fingerprint density at radius 3 is 2.37 bits per heavy atom. The molecule has 0 aromatic heterocycles. The maximum atomic E-state index is 12.1. The van der Waals surface area contributed by atoms with Gasteiger partial charge in [-0.3, -0.25) is 4.90 Å². The van der Waals surface area contributed by atoms with E-state index in [1.807, 2.05) is 20.8 Å². The summed E-state index contributed by atoms with van der Waals surface area (Å²) in [6.45, 7) is 9.15. The maximum absolute atomic E-state index is 12.1. The topological polar surface area (TPSA) is 88.5 Å². The number of methoxy groups -OCH3 is 1. The highest BCUT2D eigenvalue weighted by Gasteiger charge is 2.25. The van der Waals surface area contributed by atoms with E-state index in [-0.39, 0.29) is 17.4 Å². The number of amides is 1. The molecule has 0 spiro atoms. The summed E-state index contributed by atoms with van der Waals surface area (Å²) in [5.74, 6) is -0.214. The molecule has 0 bridgehead atoms. The second kappa shape index (κ2) is 8.94. The molecule has 1 fully saturated rings. The minimum absolute atomic E-state index is 0.102. The number of nitrogens with zero attached hydrogens (tertiary/aromatic N) is 2. The van der Waals surface area contributed by atoms with Crippen molar-refractivity contribution in [2.24, 2.45) is 0 Å². The summed E-state index contributed by atoms with van der Waals surface area (Å²) in [6, 6.07) is 4.63. The summed E-state index contributed by atoms with van der Waals surface area (Å²) in [5.41, 5.74) is -0.397. The number of carboxylic acids is 1. The number of hydrogen-bond acceptors (Lipinski definition) is 6. The summed E-state index contributed by atoms with van der Waals surface area (Å²) in [7, 11) is 1.52. The molecule has 1 amide bonds. The minimum Gasteiger partial charge on any atom is -0.497 e. The number of hydrogen-bond donors (Lipinski definition) is 1. The van der Waals surface area contributed by atoms with Crippen LogP contribution in [0, 0.1) is 0 Å². The van der Waals surface area contributed by atoms with Crippen molar-refractivity contribution in [3.05, 3.63) is 23.8 Å². The van der Waals surface area contributed by atoms with Crippen LogP contribution >= 0.6 is 0 Å². The molecule has 0 aliphatic carbocycles. The fourth-order valence-electron chi connectivity index (χ4n) is 2.69. The highest BCUT2D eigenvalue weighted by molar-refractivity contribution is 5.91. The predicted molar refractivity (Wildman–Crippen MR) is 99.7 cm³/mol. The van der Waals surface area contributed by atoms with Crippen molar-refractivity contribution in [1.82, 2.24) is 9.80 Å². The monoisotopic (exact) mass is 380 g/mol. The van der Waals surface area contributed by atoms with Crippen LogP contribution in [0.25, 0.3) is 0 Å². The molecular formula is C19H28N2O6. The number of ether oxygens (including phenoxy) is 3. The fraction of sp³-hybridized carbons (Fsp3) is 0.579. The standard InChI is InChI=1S/C19H28N2O6/c1-19(2,3)27-18(24)21-9-7-20(8-10-21)11-12-26-16-13-14(25-4)5-6-15(16)17(22)23/h5-6,13H,7-12H2,1-4H3,(H,22,23). The first-order valence-electron chi connectivity index (χ1n) is 8.94. The zero-order chi connectivity index (χ0) is 20.0. The zero-order valence-corrected chi connectivity index (χ0v) is 16.4. The Hall–Kier alpha value is -2.48. The Balaban J connectivity index is 1.81. The molecule has 1 aliphatic heterocycles. The van der Waals surface area contributed by atoms with Gasteiger partial charge in [-0.1, -0.05) is 0 Å². The van der Waals surface area contributed by atoms with Crippen molar-refractivity contribution >= 4 is 12.1 Å². The summed E-state index contributed by atoms with van der Waals surface area (Å²) in [6.07, 6.45) is -0.291. The molecule has 1 saturated heterocycles.